The maximum atomic E-state index is 12.8. The summed E-state index contributed by atoms with van der Waals surface area (Å²) in [5.41, 5.74) is 2.64. The molecule has 0 aromatic heterocycles. The fourth-order valence-corrected chi connectivity index (χ4v) is 2.90. The molecule has 0 spiro atoms. The fourth-order valence-electron chi connectivity index (χ4n) is 2.74. The number of hydrogen-bond donors (Lipinski definition) is 1. The highest BCUT2D eigenvalue weighted by Crippen LogP contribution is 2.36. The van der Waals surface area contributed by atoms with Gasteiger partial charge in [-0.1, -0.05) is 36.7 Å². The molecule has 0 bridgehead atoms. The number of carbonyl (C=O) groups excluding carboxylic acids is 1. The normalized spacial score (nSPS) is 16.5. The number of urea groups is 1. The Balaban J connectivity index is 1.89. The zero-order chi connectivity index (χ0) is 16.4. The van der Waals surface area contributed by atoms with Crippen molar-refractivity contribution < 1.29 is 9.53 Å². The van der Waals surface area contributed by atoms with E-state index in [1.54, 1.807) is 23.1 Å². The summed E-state index contributed by atoms with van der Waals surface area (Å²) < 4.78 is 5.78. The van der Waals surface area contributed by atoms with E-state index in [2.05, 4.69) is 12.2 Å². The molecule has 1 heterocycles. The lowest BCUT2D eigenvalue weighted by Gasteiger charge is -2.33. The second-order valence-electron chi connectivity index (χ2n) is 5.59. The summed E-state index contributed by atoms with van der Waals surface area (Å²) in [6.45, 7) is 4.49. The summed E-state index contributed by atoms with van der Waals surface area (Å²) >= 11 is 6.08. The maximum absolute atomic E-state index is 12.8. The monoisotopic (exact) mass is 330 g/mol. The van der Waals surface area contributed by atoms with Crippen LogP contribution in [0.1, 0.15) is 19.4 Å². The molecule has 0 fully saturated rings. The Morgan fingerprint density at radius 1 is 1.35 bits per heavy atom. The number of fused-ring (bicyclic) bond motifs is 1. The van der Waals surface area contributed by atoms with E-state index in [4.69, 9.17) is 16.3 Å². The van der Waals surface area contributed by atoms with Gasteiger partial charge in [-0.25, -0.2) is 4.79 Å². The van der Waals surface area contributed by atoms with Crippen LogP contribution < -0.4 is 15.0 Å². The molecule has 0 aliphatic carbocycles. The van der Waals surface area contributed by atoms with Crippen molar-refractivity contribution in [1.29, 1.82) is 0 Å². The number of nitrogens with zero attached hydrogens (tertiary/aromatic N) is 1. The molecule has 5 heteroatoms. The average molecular weight is 331 g/mol. The summed E-state index contributed by atoms with van der Waals surface area (Å²) in [4.78, 5) is 14.5. The van der Waals surface area contributed by atoms with Gasteiger partial charge in [0.2, 0.25) is 0 Å². The van der Waals surface area contributed by atoms with Crippen LogP contribution in [-0.4, -0.2) is 18.7 Å². The number of hydrogen-bond acceptors (Lipinski definition) is 2. The third kappa shape index (κ3) is 3.27. The molecule has 2 aromatic carbocycles. The summed E-state index contributed by atoms with van der Waals surface area (Å²) in [7, 11) is 0. The predicted molar refractivity (Wildman–Crippen MR) is 93.7 cm³/mol. The molecular weight excluding hydrogens is 312 g/mol. The Kier molecular flexibility index (Phi) is 4.44. The van der Waals surface area contributed by atoms with Gasteiger partial charge in [0.05, 0.1) is 12.2 Å². The molecule has 1 N–H and O–H groups in total. The van der Waals surface area contributed by atoms with Gasteiger partial charge in [0.15, 0.2) is 0 Å². The van der Waals surface area contributed by atoms with Crippen LogP contribution in [0.5, 0.6) is 5.75 Å². The smallest absolute Gasteiger partial charge is 0.326 e. The molecule has 0 unspecified atom stereocenters. The van der Waals surface area contributed by atoms with Gasteiger partial charge >= 0.3 is 6.03 Å². The highest BCUT2D eigenvalue weighted by molar-refractivity contribution is 6.31. The largest absolute Gasteiger partial charge is 0.487 e. The van der Waals surface area contributed by atoms with Crippen LogP contribution >= 0.6 is 11.6 Å². The van der Waals surface area contributed by atoms with Crippen molar-refractivity contribution in [3.05, 3.63) is 53.1 Å². The number of para-hydroxylation sites is 1. The number of ether oxygens (including phenoxy) is 1. The Hall–Kier alpha value is -2.20. The number of carbonyl (C=O) groups is 1. The number of amides is 2. The van der Waals surface area contributed by atoms with Gasteiger partial charge in [0, 0.05) is 10.7 Å². The summed E-state index contributed by atoms with van der Waals surface area (Å²) in [6, 6.07) is 13.0. The van der Waals surface area contributed by atoms with E-state index in [-0.39, 0.29) is 12.1 Å². The first-order valence-electron chi connectivity index (χ1n) is 7.71. The molecular formula is C18H19ClN2O2. The molecule has 4 nitrogen and oxygen atoms in total. The first-order chi connectivity index (χ1) is 11.1. The van der Waals surface area contributed by atoms with Crippen LogP contribution in [0.4, 0.5) is 16.2 Å². The molecule has 120 valence electrons. The van der Waals surface area contributed by atoms with Gasteiger partial charge in [-0.15, -0.1) is 0 Å². The first kappa shape index (κ1) is 15.7. The minimum Gasteiger partial charge on any atom is -0.487 e. The lowest BCUT2D eigenvalue weighted by Crippen LogP contribution is -2.44. The van der Waals surface area contributed by atoms with Crippen LogP contribution in [-0.2, 0) is 6.42 Å². The first-order valence-corrected chi connectivity index (χ1v) is 8.09. The number of benzene rings is 2. The highest BCUT2D eigenvalue weighted by Gasteiger charge is 2.28. The molecule has 23 heavy (non-hydrogen) atoms. The molecule has 0 saturated heterocycles. The van der Waals surface area contributed by atoms with E-state index in [0.717, 1.165) is 17.7 Å². The summed E-state index contributed by atoms with van der Waals surface area (Å²) in [5, 5.41) is 3.58. The van der Waals surface area contributed by atoms with E-state index < -0.39 is 0 Å². The van der Waals surface area contributed by atoms with Gasteiger partial charge in [0.1, 0.15) is 11.9 Å². The minimum absolute atomic E-state index is 0.0733. The molecule has 1 atom stereocenters. The van der Waals surface area contributed by atoms with Crippen LogP contribution in [0.2, 0.25) is 5.02 Å². The Morgan fingerprint density at radius 2 is 2.13 bits per heavy atom. The number of aryl methyl sites for hydroxylation is 1. The van der Waals surface area contributed by atoms with E-state index in [1.807, 2.05) is 31.2 Å². The summed E-state index contributed by atoms with van der Waals surface area (Å²) in [6.07, 6.45) is 0.786. The van der Waals surface area contributed by atoms with Gasteiger partial charge in [-0.3, -0.25) is 4.90 Å². The quantitative estimate of drug-likeness (QED) is 0.865. The van der Waals surface area contributed by atoms with Crippen molar-refractivity contribution in [3.8, 4) is 5.75 Å². The van der Waals surface area contributed by atoms with Crippen molar-refractivity contribution in [2.24, 2.45) is 0 Å². The zero-order valence-electron chi connectivity index (χ0n) is 13.2. The van der Waals surface area contributed by atoms with Crippen molar-refractivity contribution in [1.82, 2.24) is 0 Å². The van der Waals surface area contributed by atoms with Gasteiger partial charge in [-0.2, -0.15) is 0 Å². The highest BCUT2D eigenvalue weighted by atomic mass is 35.5. The van der Waals surface area contributed by atoms with Crippen LogP contribution in [0.25, 0.3) is 0 Å². The van der Waals surface area contributed by atoms with Crippen molar-refractivity contribution >= 4 is 29.0 Å². The Morgan fingerprint density at radius 3 is 2.91 bits per heavy atom. The minimum atomic E-state index is -0.176. The number of rotatable bonds is 2. The molecule has 1 aliphatic heterocycles. The fraction of sp³-hybridized carbons (Fsp3) is 0.278. The van der Waals surface area contributed by atoms with Crippen LogP contribution in [0.15, 0.2) is 42.5 Å². The van der Waals surface area contributed by atoms with Crippen LogP contribution in [0.3, 0.4) is 0 Å². The topological polar surface area (TPSA) is 41.6 Å². The van der Waals surface area contributed by atoms with E-state index in [0.29, 0.717) is 23.0 Å². The average Bonchev–Trinajstić information content (AvgIpc) is 2.55. The Labute approximate surface area is 141 Å². The number of halogens is 1. The molecule has 0 radical (unpaired) electrons. The third-order valence-electron chi connectivity index (χ3n) is 3.86. The molecule has 1 aliphatic rings. The van der Waals surface area contributed by atoms with Crippen LogP contribution in [0, 0.1) is 0 Å². The standard InChI is InChI=1S/C18H19ClN2O2/c1-3-13-6-4-5-7-15(13)20-18(22)21-11-12(2)23-17-9-8-14(19)10-16(17)21/h4-10,12H,3,11H2,1-2H3,(H,20,22)/t12-/m1/s1. The number of anilines is 2. The molecule has 2 aromatic rings. The van der Waals surface area contributed by atoms with E-state index in [1.165, 1.54) is 0 Å². The molecule has 2 amide bonds. The zero-order valence-corrected chi connectivity index (χ0v) is 13.9. The van der Waals surface area contributed by atoms with Crippen molar-refractivity contribution in [2.45, 2.75) is 26.4 Å². The SMILES string of the molecule is CCc1ccccc1NC(=O)N1C[C@@H](C)Oc2ccc(Cl)cc21. The molecule has 3 rings (SSSR count). The third-order valence-corrected chi connectivity index (χ3v) is 4.10. The van der Waals surface area contributed by atoms with Crippen molar-refractivity contribution in [2.75, 3.05) is 16.8 Å². The van der Waals surface area contributed by atoms with E-state index >= 15 is 0 Å². The van der Waals surface area contributed by atoms with Gasteiger partial charge in [0.25, 0.3) is 0 Å². The van der Waals surface area contributed by atoms with E-state index in [9.17, 15) is 4.79 Å². The lowest BCUT2D eigenvalue weighted by molar-refractivity contribution is 0.208. The maximum Gasteiger partial charge on any atom is 0.326 e. The van der Waals surface area contributed by atoms with Gasteiger partial charge < -0.3 is 10.1 Å². The second-order valence-corrected chi connectivity index (χ2v) is 6.03. The lowest BCUT2D eigenvalue weighted by atomic mass is 10.1. The Bertz CT molecular complexity index is 733. The van der Waals surface area contributed by atoms with Gasteiger partial charge in [-0.05, 0) is 43.2 Å². The predicted octanol–water partition coefficient (Wildman–Crippen LogP) is 4.72. The number of nitrogens with one attached hydrogen (secondary N) is 1. The molecule has 0 saturated carbocycles. The van der Waals surface area contributed by atoms with Crippen molar-refractivity contribution in [3.63, 3.8) is 0 Å². The summed E-state index contributed by atoms with van der Waals surface area (Å²) in [5.74, 6) is 0.673. The second kappa shape index (κ2) is 6.50.